The van der Waals surface area contributed by atoms with E-state index in [1.807, 2.05) is 11.3 Å². The average molecular weight is 423 g/mol. The number of rotatable bonds is 6. The van der Waals surface area contributed by atoms with Gasteiger partial charge in [-0.3, -0.25) is 0 Å². The first-order valence-electron chi connectivity index (χ1n) is 7.77. The fraction of sp³-hybridized carbons (Fsp3) is 0.750. The van der Waals surface area contributed by atoms with Crippen LogP contribution >= 0.6 is 43.2 Å². The predicted molar refractivity (Wildman–Crippen MR) is 96.5 cm³/mol. The van der Waals surface area contributed by atoms with Crippen molar-refractivity contribution in [1.29, 1.82) is 0 Å². The fourth-order valence-corrected chi connectivity index (χ4v) is 5.72. The van der Waals surface area contributed by atoms with E-state index in [-0.39, 0.29) is 0 Å². The minimum Gasteiger partial charge on any atom is -0.312 e. The van der Waals surface area contributed by atoms with Crippen LogP contribution in [0.5, 0.6) is 0 Å². The van der Waals surface area contributed by atoms with E-state index in [1.54, 1.807) is 0 Å². The molecule has 0 amide bonds. The van der Waals surface area contributed by atoms with Crippen LogP contribution in [0.1, 0.15) is 62.8 Å². The third-order valence-electron chi connectivity index (χ3n) is 4.61. The molecule has 114 valence electrons. The van der Waals surface area contributed by atoms with E-state index < -0.39 is 0 Å². The van der Waals surface area contributed by atoms with Gasteiger partial charge in [-0.25, -0.2) is 0 Å². The number of nitrogens with one attached hydrogen (secondary N) is 1. The van der Waals surface area contributed by atoms with Gasteiger partial charge < -0.3 is 5.32 Å². The molecule has 1 fully saturated rings. The first-order valence-corrected chi connectivity index (χ1v) is 10.2. The maximum Gasteiger partial charge on any atom is 0.0843 e. The molecule has 1 aliphatic rings. The van der Waals surface area contributed by atoms with E-state index in [4.69, 9.17) is 0 Å². The normalized spacial score (nSPS) is 24.8. The molecule has 0 saturated heterocycles. The van der Waals surface area contributed by atoms with Crippen LogP contribution in [-0.2, 0) is 0 Å². The molecule has 0 aliphatic heterocycles. The first kappa shape index (κ1) is 17.0. The SMILES string of the molecule is CCCCC1CCC(C(NC)c2cc(Br)c(Br)s2)CC1. The Labute approximate surface area is 144 Å². The standard InChI is InChI=1S/C16H25Br2NS/c1-3-4-5-11-6-8-12(9-7-11)15(19-2)14-10-13(17)16(18)20-14/h10-12,15,19H,3-9H2,1-2H3. The summed E-state index contributed by atoms with van der Waals surface area (Å²) >= 11 is 9.09. The van der Waals surface area contributed by atoms with Gasteiger partial charge in [0.1, 0.15) is 0 Å². The molecule has 1 unspecified atom stereocenters. The summed E-state index contributed by atoms with van der Waals surface area (Å²) in [6.45, 7) is 2.30. The first-order chi connectivity index (χ1) is 9.65. The summed E-state index contributed by atoms with van der Waals surface area (Å²) in [6, 6.07) is 2.80. The van der Waals surface area contributed by atoms with Gasteiger partial charge in [0, 0.05) is 15.4 Å². The number of thiophene rings is 1. The van der Waals surface area contributed by atoms with Crippen LogP contribution < -0.4 is 5.32 Å². The van der Waals surface area contributed by atoms with E-state index in [2.05, 4.69) is 57.2 Å². The van der Waals surface area contributed by atoms with E-state index in [0.717, 1.165) is 11.8 Å². The van der Waals surface area contributed by atoms with Gasteiger partial charge in [-0.1, -0.05) is 39.0 Å². The summed E-state index contributed by atoms with van der Waals surface area (Å²) in [5.74, 6) is 1.79. The van der Waals surface area contributed by atoms with Crippen LogP contribution in [-0.4, -0.2) is 7.05 Å². The molecule has 0 bridgehead atoms. The van der Waals surface area contributed by atoms with Crippen molar-refractivity contribution in [2.75, 3.05) is 7.05 Å². The molecule has 1 aromatic rings. The highest BCUT2D eigenvalue weighted by molar-refractivity contribution is 9.13. The second-order valence-corrected chi connectivity index (χ2v) is 9.22. The highest BCUT2D eigenvalue weighted by Crippen LogP contribution is 2.43. The highest BCUT2D eigenvalue weighted by atomic mass is 79.9. The molecule has 1 heterocycles. The lowest BCUT2D eigenvalue weighted by atomic mass is 9.76. The van der Waals surface area contributed by atoms with Gasteiger partial charge in [0.25, 0.3) is 0 Å². The van der Waals surface area contributed by atoms with Crippen molar-refractivity contribution in [3.8, 4) is 0 Å². The summed E-state index contributed by atoms with van der Waals surface area (Å²) in [7, 11) is 2.11. The molecule has 2 rings (SSSR count). The van der Waals surface area contributed by atoms with Crippen LogP contribution in [0.25, 0.3) is 0 Å². The third kappa shape index (κ3) is 4.31. The van der Waals surface area contributed by atoms with E-state index >= 15 is 0 Å². The molecule has 1 atom stereocenters. The number of halogens is 2. The van der Waals surface area contributed by atoms with Gasteiger partial charge in [-0.05, 0) is 69.7 Å². The summed E-state index contributed by atoms with van der Waals surface area (Å²) in [4.78, 5) is 1.46. The lowest BCUT2D eigenvalue weighted by Gasteiger charge is -2.33. The van der Waals surface area contributed by atoms with Crippen molar-refractivity contribution in [1.82, 2.24) is 5.32 Å². The van der Waals surface area contributed by atoms with Crippen molar-refractivity contribution in [3.05, 3.63) is 19.2 Å². The Hall–Kier alpha value is 0.620. The van der Waals surface area contributed by atoms with Crippen LogP contribution in [0.3, 0.4) is 0 Å². The van der Waals surface area contributed by atoms with Crippen molar-refractivity contribution in [3.63, 3.8) is 0 Å². The zero-order valence-corrected chi connectivity index (χ0v) is 16.4. The lowest BCUT2D eigenvalue weighted by molar-refractivity contribution is 0.219. The quantitative estimate of drug-likeness (QED) is 0.549. The smallest absolute Gasteiger partial charge is 0.0843 e. The molecule has 1 N–H and O–H groups in total. The molecular weight excluding hydrogens is 398 g/mol. The Morgan fingerprint density at radius 1 is 1.30 bits per heavy atom. The predicted octanol–water partition coefficient (Wildman–Crippen LogP) is 6.53. The van der Waals surface area contributed by atoms with Crippen LogP contribution in [0.4, 0.5) is 0 Å². The molecule has 20 heavy (non-hydrogen) atoms. The zero-order chi connectivity index (χ0) is 14.5. The average Bonchev–Trinajstić information content (AvgIpc) is 2.78. The molecule has 0 spiro atoms. The lowest BCUT2D eigenvalue weighted by Crippen LogP contribution is -2.28. The van der Waals surface area contributed by atoms with Crippen molar-refractivity contribution in [2.24, 2.45) is 11.8 Å². The Bertz CT molecular complexity index is 391. The highest BCUT2D eigenvalue weighted by Gasteiger charge is 2.28. The fourth-order valence-electron chi connectivity index (χ4n) is 3.43. The Morgan fingerprint density at radius 2 is 2.00 bits per heavy atom. The largest absolute Gasteiger partial charge is 0.312 e. The monoisotopic (exact) mass is 421 g/mol. The third-order valence-corrected chi connectivity index (χ3v) is 7.95. The van der Waals surface area contributed by atoms with Gasteiger partial charge in [-0.2, -0.15) is 0 Å². The summed E-state index contributed by atoms with van der Waals surface area (Å²) < 4.78 is 2.40. The Kier molecular flexibility index (Phi) is 7.05. The minimum absolute atomic E-state index is 0.523. The molecule has 0 aromatic carbocycles. The van der Waals surface area contributed by atoms with Crippen LogP contribution in [0.15, 0.2) is 14.3 Å². The van der Waals surface area contributed by atoms with E-state index in [1.165, 1.54) is 58.1 Å². The summed E-state index contributed by atoms with van der Waals surface area (Å²) in [5, 5.41) is 3.56. The zero-order valence-electron chi connectivity index (χ0n) is 12.4. The summed E-state index contributed by atoms with van der Waals surface area (Å²) in [5.41, 5.74) is 0. The van der Waals surface area contributed by atoms with Crippen molar-refractivity contribution >= 4 is 43.2 Å². The molecule has 0 radical (unpaired) electrons. The number of hydrogen-bond donors (Lipinski definition) is 1. The van der Waals surface area contributed by atoms with Gasteiger partial charge in [0.15, 0.2) is 0 Å². The molecule has 1 saturated carbocycles. The van der Waals surface area contributed by atoms with Crippen molar-refractivity contribution < 1.29 is 0 Å². The van der Waals surface area contributed by atoms with E-state index in [9.17, 15) is 0 Å². The molecule has 1 nitrogen and oxygen atoms in total. The van der Waals surface area contributed by atoms with E-state index in [0.29, 0.717) is 6.04 Å². The molecule has 1 aromatic heterocycles. The topological polar surface area (TPSA) is 12.0 Å². The maximum absolute atomic E-state index is 3.62. The Morgan fingerprint density at radius 3 is 2.50 bits per heavy atom. The van der Waals surface area contributed by atoms with Crippen LogP contribution in [0, 0.1) is 11.8 Å². The van der Waals surface area contributed by atoms with Gasteiger partial charge in [-0.15, -0.1) is 11.3 Å². The second kappa shape index (κ2) is 8.30. The van der Waals surface area contributed by atoms with Crippen molar-refractivity contribution in [2.45, 2.75) is 57.9 Å². The summed E-state index contributed by atoms with van der Waals surface area (Å²) in [6.07, 6.45) is 9.82. The Balaban J connectivity index is 1.93. The van der Waals surface area contributed by atoms with Gasteiger partial charge in [0.2, 0.25) is 0 Å². The molecule has 1 aliphatic carbocycles. The second-order valence-electron chi connectivity index (χ2n) is 5.96. The van der Waals surface area contributed by atoms with Gasteiger partial charge >= 0.3 is 0 Å². The molecular formula is C16H25Br2NS. The number of unbranched alkanes of at least 4 members (excludes halogenated alkanes) is 1. The minimum atomic E-state index is 0.523. The van der Waals surface area contributed by atoms with Crippen LogP contribution in [0.2, 0.25) is 0 Å². The van der Waals surface area contributed by atoms with Gasteiger partial charge in [0.05, 0.1) is 3.79 Å². The molecule has 4 heteroatoms. The number of hydrogen-bond acceptors (Lipinski definition) is 2. The maximum atomic E-state index is 3.62.